The average molecular weight is 368 g/mol. The number of hydrogen-bond donors (Lipinski definition) is 0. The molecule has 0 N–H and O–H groups in total. The Hall–Kier alpha value is -2.27. The number of aryl methyl sites for hydroxylation is 1. The first-order valence-electron chi connectivity index (χ1n) is 9.98. The second-order valence-corrected chi connectivity index (χ2v) is 7.56. The molecule has 144 valence electrons. The van der Waals surface area contributed by atoms with Crippen LogP contribution in [0.25, 0.3) is 5.69 Å². The lowest BCUT2D eigenvalue weighted by molar-refractivity contribution is 0.0932. The molecule has 1 aromatic carbocycles. The molecule has 1 saturated heterocycles. The third-order valence-corrected chi connectivity index (χ3v) is 5.58. The topological polar surface area (TPSA) is 43.7 Å². The normalized spacial score (nSPS) is 17.6. The van der Waals surface area contributed by atoms with E-state index < -0.39 is 0 Å². The molecule has 27 heavy (non-hydrogen) atoms. The fourth-order valence-electron chi connectivity index (χ4n) is 4.20. The first-order chi connectivity index (χ1) is 13.1. The lowest BCUT2D eigenvalue weighted by atomic mass is 10.1. The Morgan fingerprint density at radius 3 is 2.41 bits per heavy atom. The number of fused-ring (bicyclic) bond motifs is 1. The quantitative estimate of drug-likeness (QED) is 0.767. The minimum atomic E-state index is 0.216. The summed E-state index contributed by atoms with van der Waals surface area (Å²) in [7, 11) is 0. The molecule has 1 aromatic heterocycles. The molecule has 5 heteroatoms. The van der Waals surface area contributed by atoms with Gasteiger partial charge >= 0.3 is 0 Å². The van der Waals surface area contributed by atoms with E-state index in [1.807, 2.05) is 38.1 Å². The molecule has 0 amide bonds. The van der Waals surface area contributed by atoms with Gasteiger partial charge < -0.3 is 14.0 Å². The SMILES string of the molecule is Cc1cc(C(=O)CN2CCCCCC2)c(C)n1-c1ccc2c(c1)OCCO2. The van der Waals surface area contributed by atoms with Gasteiger partial charge in [-0.25, -0.2) is 0 Å². The molecule has 4 rings (SSSR count). The highest BCUT2D eigenvalue weighted by Crippen LogP contribution is 2.33. The Labute approximate surface area is 160 Å². The molecule has 0 atom stereocenters. The minimum Gasteiger partial charge on any atom is -0.486 e. The summed E-state index contributed by atoms with van der Waals surface area (Å²) in [6.45, 7) is 7.82. The molecule has 5 nitrogen and oxygen atoms in total. The van der Waals surface area contributed by atoms with E-state index in [0.717, 1.165) is 47.2 Å². The highest BCUT2D eigenvalue weighted by molar-refractivity contribution is 5.99. The third kappa shape index (κ3) is 3.74. The van der Waals surface area contributed by atoms with Crippen molar-refractivity contribution in [3.63, 3.8) is 0 Å². The van der Waals surface area contributed by atoms with Crippen LogP contribution in [0.2, 0.25) is 0 Å². The molecule has 0 unspecified atom stereocenters. The molecule has 0 bridgehead atoms. The summed E-state index contributed by atoms with van der Waals surface area (Å²) in [5, 5.41) is 0. The highest BCUT2D eigenvalue weighted by atomic mass is 16.6. The average Bonchev–Trinajstić information content (AvgIpc) is 2.84. The van der Waals surface area contributed by atoms with E-state index in [9.17, 15) is 4.79 Å². The van der Waals surface area contributed by atoms with Crippen molar-refractivity contribution in [2.75, 3.05) is 32.8 Å². The Kier molecular flexibility index (Phi) is 5.21. The van der Waals surface area contributed by atoms with E-state index in [2.05, 4.69) is 9.47 Å². The summed E-state index contributed by atoms with van der Waals surface area (Å²) in [5.41, 5.74) is 3.88. The van der Waals surface area contributed by atoms with E-state index in [4.69, 9.17) is 9.47 Å². The summed E-state index contributed by atoms with van der Waals surface area (Å²) in [6, 6.07) is 7.99. The van der Waals surface area contributed by atoms with Gasteiger partial charge in [-0.05, 0) is 58.0 Å². The molecule has 1 fully saturated rings. The van der Waals surface area contributed by atoms with Crippen molar-refractivity contribution in [3.8, 4) is 17.2 Å². The number of hydrogen-bond acceptors (Lipinski definition) is 4. The van der Waals surface area contributed by atoms with E-state index in [0.29, 0.717) is 19.8 Å². The van der Waals surface area contributed by atoms with Crippen molar-refractivity contribution < 1.29 is 14.3 Å². The summed E-state index contributed by atoms with van der Waals surface area (Å²) in [6.07, 6.45) is 4.96. The zero-order valence-electron chi connectivity index (χ0n) is 16.3. The van der Waals surface area contributed by atoms with Gasteiger partial charge in [0.15, 0.2) is 17.3 Å². The number of ketones is 1. The van der Waals surface area contributed by atoms with Crippen molar-refractivity contribution in [2.45, 2.75) is 39.5 Å². The number of Topliss-reactive ketones (excluding diaryl/α,β-unsaturated/α-hetero) is 1. The molecule has 2 aliphatic rings. The maximum Gasteiger partial charge on any atom is 0.178 e. The second kappa shape index (κ2) is 7.77. The predicted molar refractivity (Wildman–Crippen MR) is 105 cm³/mol. The van der Waals surface area contributed by atoms with Gasteiger partial charge in [-0.15, -0.1) is 0 Å². The van der Waals surface area contributed by atoms with Crippen LogP contribution in [0.5, 0.6) is 11.5 Å². The molecular formula is C22H28N2O3. The van der Waals surface area contributed by atoms with Crippen LogP contribution in [-0.2, 0) is 0 Å². The lowest BCUT2D eigenvalue weighted by Gasteiger charge is -2.20. The van der Waals surface area contributed by atoms with Gasteiger partial charge in [-0.2, -0.15) is 0 Å². The van der Waals surface area contributed by atoms with Crippen LogP contribution < -0.4 is 9.47 Å². The van der Waals surface area contributed by atoms with E-state index >= 15 is 0 Å². The van der Waals surface area contributed by atoms with Gasteiger partial charge in [0, 0.05) is 28.7 Å². The van der Waals surface area contributed by atoms with Crippen LogP contribution in [0, 0.1) is 13.8 Å². The number of aromatic nitrogens is 1. The minimum absolute atomic E-state index is 0.216. The Balaban J connectivity index is 1.59. The number of carbonyl (C=O) groups is 1. The first kappa shape index (κ1) is 18.1. The summed E-state index contributed by atoms with van der Waals surface area (Å²) < 4.78 is 13.5. The van der Waals surface area contributed by atoms with Crippen LogP contribution in [0.4, 0.5) is 0 Å². The summed E-state index contributed by atoms with van der Waals surface area (Å²) in [4.78, 5) is 15.3. The van der Waals surface area contributed by atoms with Crippen molar-refractivity contribution in [3.05, 3.63) is 41.2 Å². The molecule has 2 aromatic rings. The van der Waals surface area contributed by atoms with Crippen molar-refractivity contribution in [2.24, 2.45) is 0 Å². The number of nitrogens with zero attached hydrogens (tertiary/aromatic N) is 2. The molecule has 0 saturated carbocycles. The first-order valence-corrected chi connectivity index (χ1v) is 9.98. The van der Waals surface area contributed by atoms with E-state index in [1.165, 1.54) is 25.7 Å². The molecule has 0 spiro atoms. The Morgan fingerprint density at radius 1 is 0.963 bits per heavy atom. The van der Waals surface area contributed by atoms with Crippen molar-refractivity contribution in [1.82, 2.24) is 9.47 Å². The predicted octanol–water partition coefficient (Wildman–Crippen LogP) is 3.92. The van der Waals surface area contributed by atoms with Crippen LogP contribution in [0.1, 0.15) is 47.4 Å². The van der Waals surface area contributed by atoms with Crippen molar-refractivity contribution in [1.29, 1.82) is 0 Å². The zero-order chi connectivity index (χ0) is 18.8. The largest absolute Gasteiger partial charge is 0.486 e. The zero-order valence-corrected chi connectivity index (χ0v) is 16.3. The Bertz CT molecular complexity index is 832. The number of carbonyl (C=O) groups excluding carboxylic acids is 1. The van der Waals surface area contributed by atoms with Crippen LogP contribution >= 0.6 is 0 Å². The van der Waals surface area contributed by atoms with E-state index in [-0.39, 0.29) is 5.78 Å². The number of rotatable bonds is 4. The van der Waals surface area contributed by atoms with Gasteiger partial charge in [-0.3, -0.25) is 9.69 Å². The van der Waals surface area contributed by atoms with Crippen LogP contribution in [0.15, 0.2) is 24.3 Å². The van der Waals surface area contributed by atoms with Gasteiger partial charge in [0.2, 0.25) is 0 Å². The third-order valence-electron chi connectivity index (χ3n) is 5.58. The molecule has 0 aliphatic carbocycles. The standard InChI is InChI=1S/C22H28N2O3/c1-16-13-19(20(25)15-23-9-5-3-4-6-10-23)17(2)24(16)18-7-8-21-22(14-18)27-12-11-26-21/h7-8,13-14H,3-6,9-12,15H2,1-2H3. The maximum atomic E-state index is 13.0. The van der Waals surface area contributed by atoms with Crippen LogP contribution in [-0.4, -0.2) is 48.1 Å². The smallest absolute Gasteiger partial charge is 0.178 e. The second-order valence-electron chi connectivity index (χ2n) is 7.56. The monoisotopic (exact) mass is 368 g/mol. The van der Waals surface area contributed by atoms with Gasteiger partial charge in [0.05, 0.1) is 6.54 Å². The molecule has 3 heterocycles. The highest BCUT2D eigenvalue weighted by Gasteiger charge is 2.21. The number of likely N-dealkylation sites (tertiary alicyclic amines) is 1. The summed E-state index contributed by atoms with van der Waals surface area (Å²) >= 11 is 0. The van der Waals surface area contributed by atoms with Crippen molar-refractivity contribution >= 4 is 5.78 Å². The fourth-order valence-corrected chi connectivity index (χ4v) is 4.20. The molecule has 0 radical (unpaired) electrons. The molecular weight excluding hydrogens is 340 g/mol. The molecule has 2 aliphatic heterocycles. The Morgan fingerprint density at radius 2 is 1.67 bits per heavy atom. The maximum absolute atomic E-state index is 13.0. The number of benzene rings is 1. The number of ether oxygens (including phenoxy) is 2. The summed E-state index contributed by atoms with van der Waals surface area (Å²) in [5.74, 6) is 1.77. The fraction of sp³-hybridized carbons (Fsp3) is 0.500. The van der Waals surface area contributed by atoms with Gasteiger partial charge in [0.1, 0.15) is 13.2 Å². The van der Waals surface area contributed by atoms with Gasteiger partial charge in [0.25, 0.3) is 0 Å². The van der Waals surface area contributed by atoms with Gasteiger partial charge in [-0.1, -0.05) is 12.8 Å². The lowest BCUT2D eigenvalue weighted by Crippen LogP contribution is -2.31. The van der Waals surface area contributed by atoms with E-state index in [1.54, 1.807) is 0 Å². The van der Waals surface area contributed by atoms with Crippen LogP contribution in [0.3, 0.4) is 0 Å².